The third-order valence-electron chi connectivity index (χ3n) is 5.80. The maximum atomic E-state index is 12.7. The fraction of sp³-hybridized carbons (Fsp3) is 0.222. The summed E-state index contributed by atoms with van der Waals surface area (Å²) in [6, 6.07) is 21.7. The molecule has 3 aromatic carbocycles. The van der Waals surface area contributed by atoms with Gasteiger partial charge in [-0.15, -0.1) is 0 Å². The van der Waals surface area contributed by atoms with Crippen LogP contribution in [0.15, 0.2) is 72.8 Å². The monoisotopic (exact) mass is 522 g/mol. The molecule has 1 heterocycles. The van der Waals surface area contributed by atoms with Gasteiger partial charge in [-0.3, -0.25) is 14.9 Å². The molecule has 186 valence electrons. The van der Waals surface area contributed by atoms with E-state index in [2.05, 4.69) is 15.5 Å². The molecule has 0 atom stereocenters. The van der Waals surface area contributed by atoms with Crippen LogP contribution in [0.5, 0.6) is 5.75 Å². The van der Waals surface area contributed by atoms with Crippen LogP contribution in [0.25, 0.3) is 0 Å². The molecule has 0 radical (unpaired) electrons. The number of piperazine rings is 1. The smallest absolute Gasteiger partial charge is 0.257 e. The van der Waals surface area contributed by atoms with Crippen molar-refractivity contribution in [1.82, 2.24) is 10.2 Å². The number of carbonyl (C=O) groups is 2. The summed E-state index contributed by atoms with van der Waals surface area (Å²) < 4.78 is 5.40. The Bertz CT molecular complexity index is 1210. The molecule has 36 heavy (non-hydrogen) atoms. The Labute approximate surface area is 221 Å². The molecule has 9 heteroatoms. The number of benzene rings is 3. The second kappa shape index (κ2) is 11.9. The SMILES string of the molecule is CCOc1ccc(C(=O)NC(=S)Nc2ccc(N3CCN(C(=O)c4ccc(Cl)cc4)CC3)cc2)cc1. The number of amides is 2. The van der Waals surface area contributed by atoms with Crippen LogP contribution >= 0.6 is 23.8 Å². The van der Waals surface area contributed by atoms with Crippen LogP contribution in [0.1, 0.15) is 27.6 Å². The van der Waals surface area contributed by atoms with Gasteiger partial charge in [-0.25, -0.2) is 0 Å². The van der Waals surface area contributed by atoms with E-state index < -0.39 is 0 Å². The number of hydrogen-bond acceptors (Lipinski definition) is 5. The van der Waals surface area contributed by atoms with Gasteiger partial charge in [-0.1, -0.05) is 11.6 Å². The summed E-state index contributed by atoms with van der Waals surface area (Å²) >= 11 is 11.2. The Kier molecular flexibility index (Phi) is 8.40. The minimum Gasteiger partial charge on any atom is -0.494 e. The summed E-state index contributed by atoms with van der Waals surface area (Å²) in [5, 5.41) is 6.57. The number of hydrogen-bond donors (Lipinski definition) is 2. The molecule has 1 saturated heterocycles. The highest BCUT2D eigenvalue weighted by atomic mass is 35.5. The molecule has 3 aromatic rings. The van der Waals surface area contributed by atoms with Gasteiger partial charge in [-0.2, -0.15) is 0 Å². The minimum absolute atomic E-state index is 0.0201. The normalized spacial score (nSPS) is 13.2. The number of halogens is 1. The number of rotatable bonds is 6. The molecule has 0 bridgehead atoms. The van der Waals surface area contributed by atoms with Gasteiger partial charge in [0.25, 0.3) is 11.8 Å². The Hall–Kier alpha value is -3.62. The molecule has 0 aliphatic carbocycles. The highest BCUT2D eigenvalue weighted by Gasteiger charge is 2.22. The van der Waals surface area contributed by atoms with Crippen LogP contribution in [-0.4, -0.2) is 54.6 Å². The molecule has 0 unspecified atom stereocenters. The topological polar surface area (TPSA) is 73.9 Å². The number of nitrogens with zero attached hydrogens (tertiary/aromatic N) is 2. The van der Waals surface area contributed by atoms with E-state index in [1.54, 1.807) is 48.5 Å². The van der Waals surface area contributed by atoms with Gasteiger partial charge in [0.15, 0.2) is 5.11 Å². The second-order valence-corrected chi connectivity index (χ2v) is 9.04. The summed E-state index contributed by atoms with van der Waals surface area (Å²) in [5.41, 5.74) is 2.97. The molecule has 4 rings (SSSR count). The Morgan fingerprint density at radius 2 is 1.50 bits per heavy atom. The summed E-state index contributed by atoms with van der Waals surface area (Å²) in [5.74, 6) is 0.439. The van der Waals surface area contributed by atoms with Crippen LogP contribution < -0.4 is 20.3 Å². The number of carbonyl (C=O) groups excluding carboxylic acids is 2. The third kappa shape index (κ3) is 6.53. The molecule has 1 aliphatic rings. The fourth-order valence-electron chi connectivity index (χ4n) is 3.91. The minimum atomic E-state index is -0.293. The van der Waals surface area contributed by atoms with Crippen molar-refractivity contribution < 1.29 is 14.3 Å². The van der Waals surface area contributed by atoms with E-state index in [4.69, 9.17) is 28.6 Å². The second-order valence-electron chi connectivity index (χ2n) is 8.20. The summed E-state index contributed by atoms with van der Waals surface area (Å²) in [6.45, 7) is 5.24. The Morgan fingerprint density at radius 3 is 2.11 bits per heavy atom. The van der Waals surface area contributed by atoms with Crippen molar-refractivity contribution in [2.24, 2.45) is 0 Å². The van der Waals surface area contributed by atoms with Crippen LogP contribution in [-0.2, 0) is 0 Å². The van der Waals surface area contributed by atoms with Crippen LogP contribution in [0, 0.1) is 0 Å². The summed E-state index contributed by atoms with van der Waals surface area (Å²) in [7, 11) is 0. The number of thiocarbonyl (C=S) groups is 1. The van der Waals surface area contributed by atoms with Crippen molar-refractivity contribution in [2.45, 2.75) is 6.92 Å². The van der Waals surface area contributed by atoms with Crippen molar-refractivity contribution >= 4 is 52.1 Å². The lowest BCUT2D eigenvalue weighted by Crippen LogP contribution is -2.48. The highest BCUT2D eigenvalue weighted by molar-refractivity contribution is 7.80. The van der Waals surface area contributed by atoms with E-state index in [1.807, 2.05) is 36.1 Å². The molecule has 0 spiro atoms. The first-order valence-corrected chi connectivity index (χ1v) is 12.5. The third-order valence-corrected chi connectivity index (χ3v) is 6.26. The van der Waals surface area contributed by atoms with Gasteiger partial charge in [-0.05, 0) is 91.9 Å². The van der Waals surface area contributed by atoms with Crippen molar-refractivity contribution in [2.75, 3.05) is 43.0 Å². The van der Waals surface area contributed by atoms with Crippen molar-refractivity contribution in [3.05, 3.63) is 88.9 Å². The quantitative estimate of drug-likeness (QED) is 0.452. The fourth-order valence-corrected chi connectivity index (χ4v) is 4.24. The maximum Gasteiger partial charge on any atom is 0.257 e. The van der Waals surface area contributed by atoms with E-state index in [0.29, 0.717) is 41.6 Å². The zero-order valence-corrected chi connectivity index (χ0v) is 21.4. The predicted octanol–water partition coefficient (Wildman–Crippen LogP) is 4.83. The molecular formula is C27H27ClN4O3S. The number of anilines is 2. The largest absolute Gasteiger partial charge is 0.494 e. The zero-order chi connectivity index (χ0) is 25.5. The first kappa shape index (κ1) is 25.5. The average Bonchev–Trinajstić information content (AvgIpc) is 2.90. The predicted molar refractivity (Wildman–Crippen MR) is 147 cm³/mol. The van der Waals surface area contributed by atoms with Gasteiger partial charge < -0.3 is 19.9 Å². The molecular weight excluding hydrogens is 496 g/mol. The molecule has 0 saturated carbocycles. The summed E-state index contributed by atoms with van der Waals surface area (Å²) in [4.78, 5) is 29.3. The van der Waals surface area contributed by atoms with Gasteiger partial charge >= 0.3 is 0 Å². The van der Waals surface area contributed by atoms with Crippen molar-refractivity contribution in [3.8, 4) is 5.75 Å². The molecule has 1 aliphatic heterocycles. The van der Waals surface area contributed by atoms with Gasteiger partial charge in [0.1, 0.15) is 5.75 Å². The van der Waals surface area contributed by atoms with E-state index in [1.165, 1.54) is 0 Å². The van der Waals surface area contributed by atoms with Gasteiger partial charge in [0.05, 0.1) is 6.61 Å². The number of nitrogens with one attached hydrogen (secondary N) is 2. The van der Waals surface area contributed by atoms with Crippen LogP contribution in [0.3, 0.4) is 0 Å². The van der Waals surface area contributed by atoms with Crippen molar-refractivity contribution in [1.29, 1.82) is 0 Å². The van der Waals surface area contributed by atoms with Gasteiger partial charge in [0.2, 0.25) is 0 Å². The van der Waals surface area contributed by atoms with Crippen molar-refractivity contribution in [3.63, 3.8) is 0 Å². The standard InChI is InChI=1S/C27H27ClN4O3S/c1-2-35-24-13-5-19(6-14-24)25(33)30-27(36)29-22-9-11-23(12-10-22)31-15-17-32(18-16-31)26(34)20-3-7-21(28)8-4-20/h3-14H,2,15-18H2,1H3,(H2,29,30,33,36). The lowest BCUT2D eigenvalue weighted by molar-refractivity contribution is 0.0746. The zero-order valence-electron chi connectivity index (χ0n) is 19.9. The lowest BCUT2D eigenvalue weighted by Gasteiger charge is -2.36. The van der Waals surface area contributed by atoms with E-state index in [0.717, 1.165) is 24.5 Å². The lowest BCUT2D eigenvalue weighted by atomic mass is 10.1. The molecule has 7 nitrogen and oxygen atoms in total. The molecule has 2 amide bonds. The first-order valence-electron chi connectivity index (χ1n) is 11.7. The van der Waals surface area contributed by atoms with Gasteiger partial charge in [0, 0.05) is 53.7 Å². The number of ether oxygens (including phenoxy) is 1. The van der Waals surface area contributed by atoms with Crippen LogP contribution in [0.4, 0.5) is 11.4 Å². The maximum absolute atomic E-state index is 12.7. The highest BCUT2D eigenvalue weighted by Crippen LogP contribution is 2.21. The van der Waals surface area contributed by atoms with E-state index in [-0.39, 0.29) is 16.9 Å². The molecule has 2 N–H and O–H groups in total. The van der Waals surface area contributed by atoms with E-state index in [9.17, 15) is 9.59 Å². The summed E-state index contributed by atoms with van der Waals surface area (Å²) in [6.07, 6.45) is 0. The molecule has 1 fully saturated rings. The van der Waals surface area contributed by atoms with Crippen LogP contribution in [0.2, 0.25) is 5.02 Å². The first-order chi connectivity index (χ1) is 17.4. The van der Waals surface area contributed by atoms with E-state index >= 15 is 0 Å². The molecule has 0 aromatic heterocycles. The average molecular weight is 523 g/mol. The Balaban J connectivity index is 1.26. The Morgan fingerprint density at radius 1 is 0.889 bits per heavy atom.